The molecule has 1 amide bonds. The Morgan fingerprint density at radius 1 is 1.34 bits per heavy atom. The van der Waals surface area contributed by atoms with Crippen LogP contribution in [-0.2, 0) is 0 Å². The summed E-state index contributed by atoms with van der Waals surface area (Å²) < 4.78 is 46.5. The number of fused-ring (bicyclic) bond motifs is 1. The molecule has 3 atom stereocenters. The predicted octanol–water partition coefficient (Wildman–Crippen LogP) is 4.47. The molecular weight excluding hydrogens is 385 g/mol. The van der Waals surface area contributed by atoms with Gasteiger partial charge in [0.05, 0.1) is 13.2 Å². The molecule has 0 bridgehead atoms. The van der Waals surface area contributed by atoms with Gasteiger partial charge < -0.3 is 15.4 Å². The molecule has 2 N–H and O–H groups in total. The second-order valence-electron chi connectivity index (χ2n) is 7.11. The highest BCUT2D eigenvalue weighted by atomic mass is 19.4. The Labute approximate surface area is 167 Å². The third-order valence-electron chi connectivity index (χ3n) is 5.23. The summed E-state index contributed by atoms with van der Waals surface area (Å²) in [6, 6.07) is 6.32. The van der Waals surface area contributed by atoms with Crippen LogP contribution < -0.4 is 15.4 Å². The van der Waals surface area contributed by atoms with E-state index in [9.17, 15) is 18.0 Å². The van der Waals surface area contributed by atoms with Crippen molar-refractivity contribution in [2.45, 2.75) is 57.4 Å². The van der Waals surface area contributed by atoms with Gasteiger partial charge in [-0.2, -0.15) is 18.3 Å². The third-order valence-corrected chi connectivity index (χ3v) is 5.23. The van der Waals surface area contributed by atoms with Crippen LogP contribution in [-0.4, -0.2) is 35.0 Å². The molecule has 158 valence electrons. The van der Waals surface area contributed by atoms with Gasteiger partial charge in [-0.1, -0.05) is 26.0 Å². The monoisotopic (exact) mass is 410 g/mol. The lowest BCUT2D eigenvalue weighted by Gasteiger charge is -2.32. The van der Waals surface area contributed by atoms with Gasteiger partial charge in [0.25, 0.3) is 5.91 Å². The number of nitrogens with one attached hydrogen (secondary N) is 2. The van der Waals surface area contributed by atoms with E-state index in [1.807, 2.05) is 26.0 Å². The number of amides is 1. The standard InChI is InChI=1S/C20H25F3N4O2/c1-4-13-10-17(20(21,22)23)27-18(24-13)11-16(26-27)19(28)25-15(5-2)12-6-8-14(29-3)9-7-12/h6-9,11,13,15,17,24H,4-5,10H2,1-3H3,(H,25,28)/t13-,15-,17-/m1/s1. The summed E-state index contributed by atoms with van der Waals surface area (Å²) in [6.07, 6.45) is -3.38. The van der Waals surface area contributed by atoms with Crippen LogP contribution in [0.4, 0.5) is 19.0 Å². The summed E-state index contributed by atoms with van der Waals surface area (Å²) in [5.41, 5.74) is 0.841. The van der Waals surface area contributed by atoms with Crippen LogP contribution in [0.3, 0.4) is 0 Å². The van der Waals surface area contributed by atoms with Crippen molar-refractivity contribution in [2.75, 3.05) is 12.4 Å². The highest BCUT2D eigenvalue weighted by Gasteiger charge is 2.46. The Balaban J connectivity index is 1.81. The van der Waals surface area contributed by atoms with Crippen LogP contribution in [0.2, 0.25) is 0 Å². The van der Waals surface area contributed by atoms with Gasteiger partial charge in [0.15, 0.2) is 11.7 Å². The minimum absolute atomic E-state index is 0.0366. The Kier molecular flexibility index (Phi) is 6.04. The molecule has 2 heterocycles. The molecule has 1 aliphatic heterocycles. The summed E-state index contributed by atoms with van der Waals surface area (Å²) in [5, 5.41) is 9.88. The lowest BCUT2D eigenvalue weighted by Crippen LogP contribution is -2.39. The molecule has 1 aliphatic rings. The number of hydrogen-bond acceptors (Lipinski definition) is 4. The number of carbonyl (C=O) groups is 1. The lowest BCUT2D eigenvalue weighted by molar-refractivity contribution is -0.173. The van der Waals surface area contributed by atoms with Crippen molar-refractivity contribution in [1.82, 2.24) is 15.1 Å². The van der Waals surface area contributed by atoms with E-state index in [-0.39, 0.29) is 30.0 Å². The molecule has 0 fully saturated rings. The topological polar surface area (TPSA) is 68.2 Å². The van der Waals surface area contributed by atoms with E-state index in [0.29, 0.717) is 18.6 Å². The molecule has 29 heavy (non-hydrogen) atoms. The molecule has 6 nitrogen and oxygen atoms in total. The minimum Gasteiger partial charge on any atom is -0.497 e. The fourth-order valence-electron chi connectivity index (χ4n) is 3.52. The molecule has 9 heteroatoms. The molecule has 2 aromatic rings. The summed E-state index contributed by atoms with van der Waals surface area (Å²) in [6.45, 7) is 3.74. The fraction of sp³-hybridized carbons (Fsp3) is 0.500. The first-order valence-electron chi connectivity index (χ1n) is 9.64. The summed E-state index contributed by atoms with van der Waals surface area (Å²) in [4.78, 5) is 12.7. The number of hydrogen-bond donors (Lipinski definition) is 2. The molecule has 0 saturated heterocycles. The largest absolute Gasteiger partial charge is 0.497 e. The number of methoxy groups -OCH3 is 1. The van der Waals surface area contributed by atoms with Crippen molar-refractivity contribution in [3.05, 3.63) is 41.6 Å². The molecule has 0 aliphatic carbocycles. The van der Waals surface area contributed by atoms with E-state index in [4.69, 9.17) is 4.74 Å². The quantitative estimate of drug-likeness (QED) is 0.737. The summed E-state index contributed by atoms with van der Waals surface area (Å²) in [7, 11) is 1.57. The van der Waals surface area contributed by atoms with E-state index < -0.39 is 18.1 Å². The van der Waals surface area contributed by atoms with Crippen LogP contribution in [0.1, 0.15) is 61.2 Å². The number of halogens is 3. The lowest BCUT2D eigenvalue weighted by atomic mass is 10.0. The fourth-order valence-corrected chi connectivity index (χ4v) is 3.52. The average molecular weight is 410 g/mol. The van der Waals surface area contributed by atoms with Crippen LogP contribution in [0.15, 0.2) is 30.3 Å². The maximum absolute atomic E-state index is 13.5. The molecule has 0 unspecified atom stereocenters. The van der Waals surface area contributed by atoms with Crippen LogP contribution in [0, 0.1) is 0 Å². The van der Waals surface area contributed by atoms with Crippen molar-refractivity contribution in [2.24, 2.45) is 0 Å². The Morgan fingerprint density at radius 3 is 2.59 bits per heavy atom. The number of anilines is 1. The van der Waals surface area contributed by atoms with Gasteiger partial charge in [0.1, 0.15) is 11.6 Å². The van der Waals surface area contributed by atoms with Crippen LogP contribution in [0.5, 0.6) is 5.75 Å². The summed E-state index contributed by atoms with van der Waals surface area (Å²) >= 11 is 0. The van der Waals surface area contributed by atoms with E-state index in [2.05, 4.69) is 15.7 Å². The molecular formula is C20H25F3N4O2. The average Bonchev–Trinajstić information content (AvgIpc) is 3.14. The normalized spacial score (nSPS) is 19.8. The van der Waals surface area contributed by atoms with Gasteiger partial charge in [-0.3, -0.25) is 4.79 Å². The first-order valence-corrected chi connectivity index (χ1v) is 9.64. The second kappa shape index (κ2) is 8.34. The number of ether oxygens (including phenoxy) is 1. The van der Waals surface area contributed by atoms with Crippen molar-refractivity contribution in [1.29, 1.82) is 0 Å². The molecule has 0 spiro atoms. The van der Waals surface area contributed by atoms with E-state index >= 15 is 0 Å². The number of carbonyl (C=O) groups excluding carboxylic acids is 1. The minimum atomic E-state index is -4.43. The zero-order chi connectivity index (χ0) is 21.2. The van der Waals surface area contributed by atoms with E-state index in [1.54, 1.807) is 19.2 Å². The first-order chi connectivity index (χ1) is 13.8. The number of aromatic nitrogens is 2. The first kappa shape index (κ1) is 21.0. The molecule has 0 radical (unpaired) electrons. The summed E-state index contributed by atoms with van der Waals surface area (Å²) in [5.74, 6) is 0.407. The van der Waals surface area contributed by atoms with Gasteiger partial charge in [-0.15, -0.1) is 0 Å². The zero-order valence-corrected chi connectivity index (χ0v) is 16.6. The maximum atomic E-state index is 13.5. The van der Waals surface area contributed by atoms with Gasteiger partial charge >= 0.3 is 6.18 Å². The highest BCUT2D eigenvalue weighted by Crippen LogP contribution is 2.40. The van der Waals surface area contributed by atoms with Crippen LogP contribution in [0.25, 0.3) is 0 Å². The van der Waals surface area contributed by atoms with Crippen molar-refractivity contribution >= 4 is 11.7 Å². The number of nitrogens with zero attached hydrogens (tertiary/aromatic N) is 2. The highest BCUT2D eigenvalue weighted by molar-refractivity contribution is 5.93. The molecule has 1 aromatic heterocycles. The SMILES string of the molecule is CC[C@@H]1C[C@H](C(F)(F)F)n2nc(C(=O)N[C@H](CC)c3ccc(OC)cc3)cc2N1. The molecule has 0 saturated carbocycles. The van der Waals surface area contributed by atoms with Gasteiger partial charge in [-0.05, 0) is 37.0 Å². The van der Waals surface area contributed by atoms with Crippen molar-refractivity contribution in [3.8, 4) is 5.75 Å². The van der Waals surface area contributed by atoms with Gasteiger partial charge in [0, 0.05) is 12.1 Å². The zero-order valence-electron chi connectivity index (χ0n) is 16.6. The van der Waals surface area contributed by atoms with E-state index in [1.165, 1.54) is 6.07 Å². The second-order valence-corrected chi connectivity index (χ2v) is 7.11. The van der Waals surface area contributed by atoms with Crippen molar-refractivity contribution < 1.29 is 22.7 Å². The Morgan fingerprint density at radius 2 is 2.03 bits per heavy atom. The van der Waals surface area contributed by atoms with Gasteiger partial charge in [-0.25, -0.2) is 4.68 Å². The maximum Gasteiger partial charge on any atom is 0.410 e. The predicted molar refractivity (Wildman–Crippen MR) is 103 cm³/mol. The Hall–Kier alpha value is -2.71. The van der Waals surface area contributed by atoms with Crippen molar-refractivity contribution in [3.63, 3.8) is 0 Å². The molecule has 3 rings (SSSR count). The number of benzene rings is 1. The van der Waals surface area contributed by atoms with E-state index in [0.717, 1.165) is 10.2 Å². The number of rotatable bonds is 6. The van der Waals surface area contributed by atoms with Crippen LogP contribution >= 0.6 is 0 Å². The Bertz CT molecular complexity index is 848. The van der Waals surface area contributed by atoms with Gasteiger partial charge in [0.2, 0.25) is 0 Å². The molecule has 1 aromatic carbocycles. The smallest absolute Gasteiger partial charge is 0.410 e. The number of alkyl halides is 3. The third kappa shape index (κ3) is 4.49.